The molecule has 0 aliphatic rings. The molecule has 2 amide bonds. The molecular weight excluding hydrogens is 211 g/mol. The van der Waals surface area contributed by atoms with E-state index < -0.39 is 23.7 Å². The van der Waals surface area contributed by atoms with Gasteiger partial charge in [0.25, 0.3) is 5.91 Å². The Morgan fingerprint density at radius 3 is 2.38 bits per heavy atom. The van der Waals surface area contributed by atoms with Crippen molar-refractivity contribution in [3.63, 3.8) is 0 Å². The van der Waals surface area contributed by atoms with E-state index in [0.29, 0.717) is 12.0 Å². The second kappa shape index (κ2) is 5.25. The molecule has 0 heterocycles. The Morgan fingerprint density at radius 1 is 1.38 bits per heavy atom. The van der Waals surface area contributed by atoms with Crippen LogP contribution in [0.5, 0.6) is 0 Å². The van der Waals surface area contributed by atoms with Crippen LogP contribution in [0.1, 0.15) is 23.7 Å². The first-order valence-corrected chi connectivity index (χ1v) is 4.90. The normalized spacial score (nSPS) is 11.9. The third-order valence-corrected chi connectivity index (χ3v) is 2.16. The molecule has 1 atom stereocenters. The summed E-state index contributed by atoms with van der Waals surface area (Å²) in [6.07, 6.45) is 0.419. The molecule has 1 rings (SSSR count). The van der Waals surface area contributed by atoms with Gasteiger partial charge in [-0.3, -0.25) is 9.59 Å². The molecule has 0 spiro atoms. The van der Waals surface area contributed by atoms with Crippen molar-refractivity contribution in [1.29, 1.82) is 0 Å². The van der Waals surface area contributed by atoms with Gasteiger partial charge < -0.3 is 11.1 Å². The van der Waals surface area contributed by atoms with Crippen LogP contribution >= 0.6 is 0 Å². The van der Waals surface area contributed by atoms with E-state index in [2.05, 4.69) is 5.32 Å². The lowest BCUT2D eigenvalue weighted by Crippen LogP contribution is -2.43. The maximum Gasteiger partial charge on any atom is 0.251 e. The number of rotatable bonds is 4. The van der Waals surface area contributed by atoms with Crippen molar-refractivity contribution in [2.24, 2.45) is 5.73 Å². The lowest BCUT2D eigenvalue weighted by molar-refractivity contribution is -0.119. The van der Waals surface area contributed by atoms with Gasteiger partial charge in [-0.05, 0) is 30.7 Å². The van der Waals surface area contributed by atoms with Crippen molar-refractivity contribution in [2.45, 2.75) is 19.4 Å². The third-order valence-electron chi connectivity index (χ3n) is 2.16. The summed E-state index contributed by atoms with van der Waals surface area (Å²) >= 11 is 0. The summed E-state index contributed by atoms with van der Waals surface area (Å²) in [5.74, 6) is -1.44. The lowest BCUT2D eigenvalue weighted by Gasteiger charge is -2.12. The summed E-state index contributed by atoms with van der Waals surface area (Å²) in [4.78, 5) is 22.5. The highest BCUT2D eigenvalue weighted by atomic mass is 19.1. The summed E-state index contributed by atoms with van der Waals surface area (Å²) in [7, 11) is 0. The Morgan fingerprint density at radius 2 is 1.94 bits per heavy atom. The number of carbonyl (C=O) groups is 2. The van der Waals surface area contributed by atoms with Gasteiger partial charge in [0.15, 0.2) is 0 Å². The number of primary amides is 1. The highest BCUT2D eigenvalue weighted by Crippen LogP contribution is 2.03. The smallest absolute Gasteiger partial charge is 0.251 e. The average molecular weight is 224 g/mol. The van der Waals surface area contributed by atoms with Crippen LogP contribution in [-0.2, 0) is 4.79 Å². The molecule has 0 saturated heterocycles. The number of hydrogen-bond acceptors (Lipinski definition) is 2. The molecular formula is C11H13FN2O2. The molecule has 1 aromatic carbocycles. The van der Waals surface area contributed by atoms with Gasteiger partial charge in [0.1, 0.15) is 11.9 Å². The lowest BCUT2D eigenvalue weighted by atomic mass is 10.1. The largest absolute Gasteiger partial charge is 0.368 e. The van der Waals surface area contributed by atoms with Crippen molar-refractivity contribution in [2.75, 3.05) is 0 Å². The molecule has 5 heteroatoms. The van der Waals surface area contributed by atoms with E-state index in [4.69, 9.17) is 5.73 Å². The average Bonchev–Trinajstić information content (AvgIpc) is 2.26. The van der Waals surface area contributed by atoms with Crippen LogP contribution in [0.4, 0.5) is 4.39 Å². The summed E-state index contributed by atoms with van der Waals surface area (Å²) in [5, 5.41) is 2.47. The number of hydrogen-bond donors (Lipinski definition) is 2. The zero-order valence-corrected chi connectivity index (χ0v) is 8.87. The molecule has 0 saturated carbocycles. The Balaban J connectivity index is 2.71. The number of halogens is 1. The fourth-order valence-electron chi connectivity index (χ4n) is 1.22. The highest BCUT2D eigenvalue weighted by Gasteiger charge is 2.16. The second-order valence-corrected chi connectivity index (χ2v) is 3.34. The second-order valence-electron chi connectivity index (χ2n) is 3.34. The van der Waals surface area contributed by atoms with Crippen LogP contribution in [0.15, 0.2) is 24.3 Å². The molecule has 0 aliphatic carbocycles. The van der Waals surface area contributed by atoms with Gasteiger partial charge in [-0.25, -0.2) is 4.39 Å². The van der Waals surface area contributed by atoms with Gasteiger partial charge in [0.2, 0.25) is 5.91 Å². The molecule has 0 fully saturated rings. The van der Waals surface area contributed by atoms with Crippen LogP contribution in [-0.4, -0.2) is 17.9 Å². The maximum absolute atomic E-state index is 12.6. The molecule has 0 unspecified atom stereocenters. The zero-order valence-electron chi connectivity index (χ0n) is 8.87. The molecule has 0 aliphatic heterocycles. The van der Waals surface area contributed by atoms with Crippen LogP contribution in [0.2, 0.25) is 0 Å². The molecule has 86 valence electrons. The number of nitrogens with two attached hydrogens (primary N) is 1. The summed E-state index contributed by atoms with van der Waals surface area (Å²) in [6.45, 7) is 1.74. The van der Waals surface area contributed by atoms with Gasteiger partial charge in [-0.1, -0.05) is 6.92 Å². The Labute approximate surface area is 92.6 Å². The van der Waals surface area contributed by atoms with Gasteiger partial charge in [0.05, 0.1) is 0 Å². The van der Waals surface area contributed by atoms with Crippen LogP contribution in [0.3, 0.4) is 0 Å². The SMILES string of the molecule is CC[C@H](NC(=O)c1ccc(F)cc1)C(N)=O. The first-order chi connectivity index (χ1) is 7.54. The summed E-state index contributed by atoms with van der Waals surface area (Å²) < 4.78 is 12.6. The molecule has 0 aromatic heterocycles. The van der Waals surface area contributed by atoms with E-state index >= 15 is 0 Å². The number of nitrogens with one attached hydrogen (secondary N) is 1. The Kier molecular flexibility index (Phi) is 3.99. The van der Waals surface area contributed by atoms with E-state index in [-0.39, 0.29) is 0 Å². The molecule has 3 N–H and O–H groups in total. The Hall–Kier alpha value is -1.91. The predicted octanol–water partition coefficient (Wildman–Crippen LogP) is 0.819. The number of benzene rings is 1. The highest BCUT2D eigenvalue weighted by molar-refractivity contribution is 5.97. The summed E-state index contributed by atoms with van der Waals surface area (Å²) in [5.41, 5.74) is 5.38. The fourth-order valence-corrected chi connectivity index (χ4v) is 1.22. The van der Waals surface area contributed by atoms with E-state index in [1.807, 2.05) is 0 Å². The van der Waals surface area contributed by atoms with Crippen LogP contribution < -0.4 is 11.1 Å². The van der Waals surface area contributed by atoms with E-state index in [1.54, 1.807) is 6.92 Å². The van der Waals surface area contributed by atoms with Crippen LogP contribution in [0.25, 0.3) is 0 Å². The topological polar surface area (TPSA) is 72.2 Å². The molecule has 16 heavy (non-hydrogen) atoms. The molecule has 0 bridgehead atoms. The fraction of sp³-hybridized carbons (Fsp3) is 0.273. The minimum absolute atomic E-state index is 0.293. The first kappa shape index (κ1) is 12.2. The molecule has 4 nitrogen and oxygen atoms in total. The first-order valence-electron chi connectivity index (χ1n) is 4.90. The maximum atomic E-state index is 12.6. The predicted molar refractivity (Wildman–Crippen MR) is 57.1 cm³/mol. The van der Waals surface area contributed by atoms with Crippen molar-refractivity contribution in [3.05, 3.63) is 35.6 Å². The van der Waals surface area contributed by atoms with Gasteiger partial charge in [-0.15, -0.1) is 0 Å². The van der Waals surface area contributed by atoms with Gasteiger partial charge in [-0.2, -0.15) is 0 Å². The van der Waals surface area contributed by atoms with Crippen LogP contribution in [0, 0.1) is 5.82 Å². The van der Waals surface area contributed by atoms with Crippen molar-refractivity contribution in [3.8, 4) is 0 Å². The number of amides is 2. The minimum atomic E-state index is -0.697. The van der Waals surface area contributed by atoms with Crippen molar-refractivity contribution in [1.82, 2.24) is 5.32 Å². The van der Waals surface area contributed by atoms with E-state index in [0.717, 1.165) is 0 Å². The van der Waals surface area contributed by atoms with Crippen molar-refractivity contribution < 1.29 is 14.0 Å². The van der Waals surface area contributed by atoms with E-state index in [1.165, 1.54) is 24.3 Å². The summed E-state index contributed by atoms with van der Waals surface area (Å²) in [6, 6.07) is 4.36. The van der Waals surface area contributed by atoms with E-state index in [9.17, 15) is 14.0 Å². The van der Waals surface area contributed by atoms with Gasteiger partial charge >= 0.3 is 0 Å². The third kappa shape index (κ3) is 3.05. The Bertz CT molecular complexity index is 389. The monoisotopic (exact) mass is 224 g/mol. The standard InChI is InChI=1S/C11H13FN2O2/c1-2-9(10(13)15)14-11(16)7-3-5-8(12)6-4-7/h3-6,9H,2H2,1H3,(H2,13,15)(H,14,16)/t9-/m0/s1. The zero-order chi connectivity index (χ0) is 12.1. The molecule has 1 aromatic rings. The molecule has 0 radical (unpaired) electrons. The number of carbonyl (C=O) groups excluding carboxylic acids is 2. The quantitative estimate of drug-likeness (QED) is 0.794. The van der Waals surface area contributed by atoms with Gasteiger partial charge in [0, 0.05) is 5.56 Å². The minimum Gasteiger partial charge on any atom is -0.368 e. The van der Waals surface area contributed by atoms with Crippen molar-refractivity contribution >= 4 is 11.8 Å².